The summed E-state index contributed by atoms with van der Waals surface area (Å²) in [6, 6.07) is 9.85. The number of aldehydes is 1. The van der Waals surface area contributed by atoms with Crippen LogP contribution in [0.3, 0.4) is 0 Å². The molecule has 1 aromatic rings. The third-order valence-electron chi connectivity index (χ3n) is 2.62. The number of aliphatic imine (C=N–C) groups is 1. The molecule has 0 aliphatic carbocycles. The Kier molecular flexibility index (Phi) is 2.50. The van der Waals surface area contributed by atoms with Gasteiger partial charge in [-0.2, -0.15) is 0 Å². The zero-order valence-corrected chi connectivity index (χ0v) is 9.15. The van der Waals surface area contributed by atoms with E-state index in [0.717, 1.165) is 17.4 Å². The fourth-order valence-corrected chi connectivity index (χ4v) is 1.77. The molecule has 2 aliphatic rings. The first-order valence-corrected chi connectivity index (χ1v) is 5.46. The molecular weight excluding hydrogens is 212 g/mol. The average molecular weight is 223 g/mol. The van der Waals surface area contributed by atoms with Gasteiger partial charge >= 0.3 is 0 Å². The number of hydrogen-bond donors (Lipinski definition) is 0. The fraction of sp³-hybridized carbons (Fsp3) is 0.0714. The number of fused-ring (bicyclic) bond motifs is 1. The van der Waals surface area contributed by atoms with Gasteiger partial charge in [-0.1, -0.05) is 42.5 Å². The van der Waals surface area contributed by atoms with Gasteiger partial charge in [-0.05, 0) is 0 Å². The minimum absolute atomic E-state index is 0.0695. The van der Waals surface area contributed by atoms with E-state index in [1.165, 1.54) is 0 Å². The maximum atomic E-state index is 5.67. The van der Waals surface area contributed by atoms with Crippen molar-refractivity contribution in [2.45, 2.75) is 6.04 Å². The van der Waals surface area contributed by atoms with Crippen LogP contribution in [0.2, 0.25) is 0 Å². The maximum Gasteiger partial charge on any atom is 0.242 e. The highest BCUT2D eigenvalue weighted by atomic mass is 16.4. The molecule has 0 amide bonds. The minimum atomic E-state index is -0.0695. The third kappa shape index (κ3) is 1.99. The molecule has 0 fully saturated rings. The van der Waals surface area contributed by atoms with E-state index in [1.54, 1.807) is 18.7 Å². The lowest BCUT2D eigenvalue weighted by Gasteiger charge is -2.32. The highest BCUT2D eigenvalue weighted by Gasteiger charge is 2.24. The Morgan fingerprint density at radius 3 is 3.06 bits per heavy atom. The predicted molar refractivity (Wildman–Crippen MR) is 67.9 cm³/mol. The summed E-state index contributed by atoms with van der Waals surface area (Å²) in [5.41, 5.74) is 1.97. The van der Waals surface area contributed by atoms with Gasteiger partial charge in [-0.3, -0.25) is 11.2 Å². The van der Waals surface area contributed by atoms with Crippen LogP contribution in [-0.4, -0.2) is 18.5 Å². The van der Waals surface area contributed by atoms with Crippen molar-refractivity contribution in [2.75, 3.05) is 0 Å². The molecule has 1 unspecified atom stereocenters. The number of allylic oxidation sites excluding steroid dienone is 1. The Morgan fingerprint density at radius 1 is 1.29 bits per heavy atom. The van der Waals surface area contributed by atoms with E-state index >= 15 is 0 Å². The van der Waals surface area contributed by atoms with E-state index in [9.17, 15) is 0 Å². The van der Waals surface area contributed by atoms with Gasteiger partial charge in [0, 0.05) is 11.8 Å². The molecule has 2 heterocycles. The molecule has 0 spiro atoms. The van der Waals surface area contributed by atoms with Gasteiger partial charge in [0.05, 0.1) is 0 Å². The Bertz CT molecular complexity index is 514. The molecule has 3 nitrogen and oxygen atoms in total. The third-order valence-corrected chi connectivity index (χ3v) is 2.62. The molecule has 17 heavy (non-hydrogen) atoms. The van der Waals surface area contributed by atoms with Gasteiger partial charge in [-0.15, -0.1) is 5.70 Å². The zero-order chi connectivity index (χ0) is 11.5. The molecule has 3 heteroatoms. The second kappa shape index (κ2) is 4.29. The van der Waals surface area contributed by atoms with Gasteiger partial charge < -0.3 is 9.74 Å². The topological polar surface area (TPSA) is 37.8 Å². The second-order valence-corrected chi connectivity index (χ2v) is 3.79. The van der Waals surface area contributed by atoms with Crippen molar-refractivity contribution in [1.82, 2.24) is 0 Å². The van der Waals surface area contributed by atoms with Crippen molar-refractivity contribution >= 4 is 12.5 Å². The van der Waals surface area contributed by atoms with Crippen molar-refractivity contribution in [2.24, 2.45) is 4.99 Å². The van der Waals surface area contributed by atoms with E-state index in [2.05, 4.69) is 10.3 Å². The lowest BCUT2D eigenvalue weighted by Crippen LogP contribution is -2.16. The average Bonchev–Trinajstić information content (AvgIpc) is 2.86. The molecule has 0 saturated heterocycles. The SMILES string of the molecule is C1=C[C-]([O+]=Cc2ccccc2)C2N=CC=C2[N-]1. The van der Waals surface area contributed by atoms with Gasteiger partial charge in [-0.25, -0.2) is 0 Å². The highest BCUT2D eigenvalue weighted by molar-refractivity contribution is 5.79. The largest absolute Gasteiger partial charge is 0.723 e. The molecular formula is C14H11N2O-. The molecule has 0 saturated carbocycles. The first-order chi connectivity index (χ1) is 8.43. The molecule has 0 N–H and O–H groups in total. The van der Waals surface area contributed by atoms with Crippen LogP contribution in [0.4, 0.5) is 0 Å². The Balaban J connectivity index is 1.79. The Labute approximate surface area is 99.9 Å². The zero-order valence-electron chi connectivity index (χ0n) is 9.15. The van der Waals surface area contributed by atoms with Gasteiger partial charge in [0.15, 0.2) is 0 Å². The van der Waals surface area contributed by atoms with Gasteiger partial charge in [0.2, 0.25) is 12.4 Å². The van der Waals surface area contributed by atoms with Crippen molar-refractivity contribution < 1.29 is 4.42 Å². The lowest BCUT2D eigenvalue weighted by atomic mass is 10.1. The summed E-state index contributed by atoms with van der Waals surface area (Å²) < 4.78 is 5.67. The molecule has 1 atom stereocenters. The van der Waals surface area contributed by atoms with E-state index in [4.69, 9.17) is 4.42 Å². The Hall–Kier alpha value is -2.29. The number of nitrogens with zero attached hydrogens (tertiary/aromatic N) is 2. The van der Waals surface area contributed by atoms with E-state index in [1.807, 2.05) is 42.5 Å². The van der Waals surface area contributed by atoms with Crippen molar-refractivity contribution in [1.29, 1.82) is 0 Å². The van der Waals surface area contributed by atoms with E-state index in [0.29, 0.717) is 0 Å². The van der Waals surface area contributed by atoms with Crippen LogP contribution in [0.5, 0.6) is 0 Å². The fourth-order valence-electron chi connectivity index (χ4n) is 1.77. The molecule has 1 aromatic carbocycles. The smallest absolute Gasteiger partial charge is 0.242 e. The van der Waals surface area contributed by atoms with Crippen molar-refractivity contribution in [3.8, 4) is 0 Å². The van der Waals surface area contributed by atoms with E-state index < -0.39 is 0 Å². The summed E-state index contributed by atoms with van der Waals surface area (Å²) >= 11 is 0. The summed E-state index contributed by atoms with van der Waals surface area (Å²) in [4.78, 5) is 4.31. The number of benzene rings is 1. The lowest BCUT2D eigenvalue weighted by molar-refractivity contribution is -0.241. The summed E-state index contributed by atoms with van der Waals surface area (Å²) in [6.07, 6.45) is 9.80. The van der Waals surface area contributed by atoms with Crippen LogP contribution in [0.1, 0.15) is 9.99 Å². The van der Waals surface area contributed by atoms with Crippen LogP contribution in [0.15, 0.2) is 59.4 Å². The second-order valence-electron chi connectivity index (χ2n) is 3.79. The standard InChI is InChI=1S/C14H11N2O/c1-2-4-11(5-3-1)10-17-13-7-9-15-12-6-8-16-14(12)13/h1-10,14H/q-1. The first kappa shape index (κ1) is 9.90. The molecule has 0 bridgehead atoms. The van der Waals surface area contributed by atoms with E-state index in [-0.39, 0.29) is 6.04 Å². The quantitative estimate of drug-likeness (QED) is 0.420. The van der Waals surface area contributed by atoms with Crippen molar-refractivity contribution in [3.63, 3.8) is 0 Å². The molecule has 84 valence electrons. The molecule has 2 aliphatic heterocycles. The van der Waals surface area contributed by atoms with Crippen LogP contribution in [0, 0.1) is 6.10 Å². The maximum absolute atomic E-state index is 5.67. The summed E-state index contributed by atoms with van der Waals surface area (Å²) in [5, 5.41) is 4.24. The first-order valence-electron chi connectivity index (χ1n) is 5.46. The van der Waals surface area contributed by atoms with Crippen molar-refractivity contribution in [3.05, 3.63) is 71.4 Å². The monoisotopic (exact) mass is 223 g/mol. The van der Waals surface area contributed by atoms with Crippen LogP contribution >= 0.6 is 0 Å². The molecule has 0 aromatic heterocycles. The summed E-state index contributed by atoms with van der Waals surface area (Å²) in [5.74, 6) is 0. The normalized spacial score (nSPS) is 21.5. The van der Waals surface area contributed by atoms with Crippen LogP contribution in [0.25, 0.3) is 5.32 Å². The molecule has 0 radical (unpaired) electrons. The number of hydrogen-bond acceptors (Lipinski definition) is 1. The van der Waals surface area contributed by atoms with Crippen LogP contribution < -0.4 is 0 Å². The number of carbonyl (C=O) groups excluding carboxylic acids is 1. The van der Waals surface area contributed by atoms with Gasteiger partial charge in [0.1, 0.15) is 6.04 Å². The summed E-state index contributed by atoms with van der Waals surface area (Å²) in [6.45, 7) is 0. The molecule has 3 rings (SSSR count). The van der Waals surface area contributed by atoms with Gasteiger partial charge in [0.25, 0.3) is 0 Å². The predicted octanol–water partition coefficient (Wildman–Crippen LogP) is 2.80. The number of rotatable bonds is 2. The minimum Gasteiger partial charge on any atom is -0.723 e. The Morgan fingerprint density at radius 2 is 2.18 bits per heavy atom. The highest BCUT2D eigenvalue weighted by Crippen LogP contribution is 2.32. The summed E-state index contributed by atoms with van der Waals surface area (Å²) in [7, 11) is 0. The van der Waals surface area contributed by atoms with Crippen LogP contribution in [-0.2, 0) is 0 Å².